The molecule has 10 amide bonds. The van der Waals surface area contributed by atoms with E-state index in [0.29, 0.717) is 58.0 Å². The van der Waals surface area contributed by atoms with Crippen molar-refractivity contribution >= 4 is 64.9 Å². The topological polar surface area (TPSA) is 362 Å². The number of benzene rings is 2. The molecule has 9 N–H and O–H groups in total. The third-order valence-electron chi connectivity index (χ3n) is 24.6. The largest absolute Gasteiger partial charge is 0.381 e. The summed E-state index contributed by atoms with van der Waals surface area (Å²) in [5, 5.41) is 34.0. The Morgan fingerprint density at radius 3 is 1.31 bits per heavy atom. The van der Waals surface area contributed by atoms with Crippen molar-refractivity contribution in [3.63, 3.8) is 0 Å². The predicted molar refractivity (Wildman–Crippen MR) is 402 cm³/mol. The number of hydrogen-bond acceptors (Lipinski definition) is 16. The summed E-state index contributed by atoms with van der Waals surface area (Å²) >= 11 is 0. The Bertz CT molecular complexity index is 3920. The Morgan fingerprint density at radius 2 is 0.917 bits per heavy atom. The van der Waals surface area contributed by atoms with Crippen LogP contribution in [0.5, 0.6) is 0 Å². The number of aliphatic hydroxyl groups excluding tert-OH is 1. The molecule has 26 nitrogen and oxygen atoms in total. The van der Waals surface area contributed by atoms with Crippen molar-refractivity contribution in [1.29, 1.82) is 0 Å². The van der Waals surface area contributed by atoms with Gasteiger partial charge < -0.3 is 57.4 Å². The Labute approximate surface area is 632 Å². The maximum Gasteiger partial charge on any atom is 0.289 e. The van der Waals surface area contributed by atoms with Crippen LogP contribution >= 0.6 is 0 Å². The van der Waals surface area contributed by atoms with Crippen molar-refractivity contribution in [1.82, 2.24) is 72.3 Å². The van der Waals surface area contributed by atoms with Crippen LogP contribution < -0.4 is 42.5 Å². The van der Waals surface area contributed by atoms with E-state index in [1.165, 1.54) is 49.3 Å². The summed E-state index contributed by atoms with van der Waals surface area (Å²) in [7, 11) is 0. The van der Waals surface area contributed by atoms with Crippen LogP contribution in [-0.4, -0.2) is 180 Å². The first-order valence-electron chi connectivity index (χ1n) is 39.0. The molecule has 4 heterocycles. The van der Waals surface area contributed by atoms with Crippen molar-refractivity contribution in [3.05, 3.63) is 145 Å². The highest BCUT2D eigenvalue weighted by molar-refractivity contribution is 6.38. The molecule has 6 aliphatic carbocycles. The van der Waals surface area contributed by atoms with Crippen LogP contribution in [0.4, 0.5) is 0 Å². The van der Waals surface area contributed by atoms with Gasteiger partial charge in [-0.25, -0.2) is 9.97 Å². The fourth-order valence-corrected chi connectivity index (χ4v) is 18.5. The molecule has 4 saturated carbocycles. The fourth-order valence-electron chi connectivity index (χ4n) is 18.5. The molecule has 26 heteroatoms. The van der Waals surface area contributed by atoms with Gasteiger partial charge in [-0.1, -0.05) is 154 Å². The Morgan fingerprint density at radius 1 is 0.509 bits per heavy atom. The van der Waals surface area contributed by atoms with E-state index in [9.17, 15) is 48.3 Å². The molecule has 2 saturated heterocycles. The molecule has 0 bridgehead atoms. The number of aromatic nitrogens is 4. The summed E-state index contributed by atoms with van der Waals surface area (Å²) in [6.07, 6.45) is 22.9. The van der Waals surface area contributed by atoms with Gasteiger partial charge in [0.2, 0.25) is 41.2 Å². The number of carbonyl (C=O) groups is 11. The van der Waals surface area contributed by atoms with Crippen molar-refractivity contribution in [2.45, 2.75) is 212 Å². The second kappa shape index (κ2) is 35.2. The van der Waals surface area contributed by atoms with Crippen LogP contribution in [0.2, 0.25) is 0 Å². The zero-order valence-electron chi connectivity index (χ0n) is 63.1. The summed E-state index contributed by atoms with van der Waals surface area (Å²) in [6, 6.07) is 8.57. The number of piperidine rings is 2. The number of amides is 10. The minimum Gasteiger partial charge on any atom is -0.381 e. The highest BCUT2D eigenvalue weighted by Gasteiger charge is 2.71. The van der Waals surface area contributed by atoms with Gasteiger partial charge in [-0.05, 0) is 145 Å². The third kappa shape index (κ3) is 17.7. The number of carbonyl (C=O) groups excluding carboxylic acids is 11. The number of fused-ring (bicyclic) bond motifs is 4. The molecule has 4 aromatic rings. The lowest BCUT2D eigenvalue weighted by molar-refractivity contribution is -0.146. The molecule has 2 aliphatic heterocycles. The molecule has 2 aromatic heterocycles. The molecule has 8 aliphatic rings. The minimum atomic E-state index is -1.49. The third-order valence-corrected chi connectivity index (χ3v) is 24.6. The van der Waals surface area contributed by atoms with Crippen molar-refractivity contribution in [3.8, 4) is 0 Å². The van der Waals surface area contributed by atoms with Crippen LogP contribution in [-0.2, 0) is 68.8 Å². The van der Waals surface area contributed by atoms with Crippen molar-refractivity contribution in [2.75, 3.05) is 26.2 Å². The molecule has 0 radical (unpaired) electrons. The lowest BCUT2D eigenvalue weighted by Crippen LogP contribution is -2.62. The first kappa shape index (κ1) is 79.5. The van der Waals surface area contributed by atoms with Gasteiger partial charge in [0.25, 0.3) is 23.6 Å². The van der Waals surface area contributed by atoms with Crippen molar-refractivity contribution in [2.24, 2.45) is 58.2 Å². The van der Waals surface area contributed by atoms with E-state index in [-0.39, 0.29) is 101 Å². The molecular formula is C82H108N14O12. The average Bonchev–Trinajstić information content (AvgIpc) is 1.53. The van der Waals surface area contributed by atoms with Gasteiger partial charge in [-0.2, -0.15) is 0 Å². The van der Waals surface area contributed by atoms with E-state index >= 15 is 9.59 Å². The molecular weight excluding hydrogens is 1370 g/mol. The average molecular weight is 1480 g/mol. The number of likely N-dealkylation sites (tertiary alicyclic amines) is 2. The number of ketones is 1. The lowest BCUT2D eigenvalue weighted by atomic mass is 9.83. The minimum absolute atomic E-state index is 0.0480. The van der Waals surface area contributed by atoms with Gasteiger partial charge in [0.1, 0.15) is 47.6 Å². The summed E-state index contributed by atoms with van der Waals surface area (Å²) < 4.78 is 0. The summed E-state index contributed by atoms with van der Waals surface area (Å²) in [4.78, 5) is 172. The zero-order valence-corrected chi connectivity index (χ0v) is 63.1. The molecule has 2 aromatic carbocycles. The molecule has 108 heavy (non-hydrogen) atoms. The second-order valence-electron chi connectivity index (χ2n) is 32.1. The summed E-state index contributed by atoms with van der Waals surface area (Å²) in [5.41, 5.74) is 4.20. The van der Waals surface area contributed by atoms with Crippen molar-refractivity contribution < 1.29 is 57.8 Å². The van der Waals surface area contributed by atoms with Crippen LogP contribution in [0, 0.1) is 58.2 Å². The molecule has 3 unspecified atom stereocenters. The van der Waals surface area contributed by atoms with E-state index in [1.807, 2.05) is 62.4 Å². The quantitative estimate of drug-likeness (QED) is 0.0240. The molecule has 0 spiro atoms. The van der Waals surface area contributed by atoms with E-state index in [0.717, 1.165) is 86.5 Å². The van der Waals surface area contributed by atoms with Gasteiger partial charge in [0, 0.05) is 51.0 Å². The number of nitrogens with zero attached hydrogens (tertiary/aromatic N) is 6. The predicted octanol–water partition coefficient (Wildman–Crippen LogP) is 5.18. The fraction of sp³-hybridized carbons (Fsp3) is 0.573. The van der Waals surface area contributed by atoms with Gasteiger partial charge in [-0.3, -0.25) is 62.7 Å². The first-order chi connectivity index (χ1) is 51.9. The number of hydrogen-bond donors (Lipinski definition) is 9. The maximum atomic E-state index is 15.0. The van der Waals surface area contributed by atoms with E-state index in [2.05, 4.69) is 103 Å². The summed E-state index contributed by atoms with van der Waals surface area (Å²) in [5.74, 6) is -6.69. The van der Waals surface area contributed by atoms with Crippen LogP contribution in [0.3, 0.4) is 0 Å². The summed E-state index contributed by atoms with van der Waals surface area (Å²) in [6.45, 7) is 20.2. The Hall–Kier alpha value is -9.59. The lowest BCUT2D eigenvalue weighted by Gasteiger charge is -2.37. The smallest absolute Gasteiger partial charge is 0.289 e. The highest BCUT2D eigenvalue weighted by Crippen LogP contribution is 2.66. The Kier molecular flexibility index (Phi) is 25.9. The molecule has 12 rings (SSSR count). The number of nitrogens with one attached hydrogen (secondary N) is 8. The SMILES string of the molecule is C=CCNC(=O)C(=O)C(CCC)NC(=O)[C@@H]1[C@@H]2[C@H](CN1C(=O)[C@@H](NC(=O)[C@@H](NC(=O)c1cnccn1)C1CCCCC1)C1Cc3ccccc3C1)C2(C)C.C=CCNC(=O)C(O)C(CCC)NC(=O)[C@@H]1[C@@H]2[C@H](CN1C(=O)[C@@H](NC(=O)[C@@H](NC(=O)c1cnccn1)C1CCCCC1)C1Cc3ccccc3C1)C2(C)C. The monoisotopic (exact) mass is 1480 g/mol. The van der Waals surface area contributed by atoms with Gasteiger partial charge in [0.15, 0.2) is 6.10 Å². The first-order valence-corrected chi connectivity index (χ1v) is 39.0. The Balaban J connectivity index is 0.000000215. The van der Waals surface area contributed by atoms with Gasteiger partial charge in [0.05, 0.1) is 24.5 Å². The molecule has 578 valence electrons. The van der Waals surface area contributed by atoms with E-state index in [1.54, 1.807) is 9.80 Å². The second-order valence-corrected chi connectivity index (χ2v) is 32.1. The number of aliphatic hydroxyl groups is 1. The number of rotatable bonds is 30. The van der Waals surface area contributed by atoms with E-state index in [4.69, 9.17) is 0 Å². The molecule has 13 atom stereocenters. The van der Waals surface area contributed by atoms with Crippen LogP contribution in [0.25, 0.3) is 0 Å². The van der Waals surface area contributed by atoms with Gasteiger partial charge >= 0.3 is 0 Å². The van der Waals surface area contributed by atoms with E-state index < -0.39 is 107 Å². The van der Waals surface area contributed by atoms with Crippen LogP contribution in [0.15, 0.2) is 111 Å². The zero-order chi connectivity index (χ0) is 77.1. The molecule has 6 fully saturated rings. The number of Topliss-reactive ketones (excluding diaryl/α,β-unsaturated/α-hetero) is 1. The van der Waals surface area contributed by atoms with Crippen LogP contribution in [0.1, 0.15) is 175 Å². The maximum absolute atomic E-state index is 15.0. The normalized spacial score (nSPS) is 23.5. The van der Waals surface area contributed by atoms with Gasteiger partial charge in [-0.15, -0.1) is 13.2 Å². The standard InChI is InChI=1S/C41H55N7O6.C41H53N7O6/c2*1-5-12-29(35(49)39(53)44-17-6-2)45-38(52)34-31-28(41(31,3)4)23-48(34)40(54)33(27-20-25-15-10-11-16-26(25)21-27)47-37(51)32(24-13-8-7-9-14-24)46-36(50)30-22-42-18-19-43-30/h6,10-11,15-16,18-19,22,24,27-29,31-35,49H,2,5,7-9,12-14,17,20-21,23H2,1,3-4H3,(H,44,53)(H,45,52)(H,46,50)(H,47,51);6,10-11,15-16,18-19,22,24,27-29,31-34H,2,5,7-9,12-14,17,20-21,23H2,1,3-4H3,(H,44,53)(H,45,52)(H,46,50)(H,47,51)/t28-,29?,31-,32-,33-,34-,35?;28-,29?,31-,32-,33-,34-/m00/s1. The highest BCUT2D eigenvalue weighted by atomic mass is 16.3.